The predicted octanol–water partition coefficient (Wildman–Crippen LogP) is 2.61. The minimum Gasteiger partial charge on any atom is -0.481 e. The molecule has 20 heavy (non-hydrogen) atoms. The molecule has 1 saturated carbocycles. The third-order valence-electron chi connectivity index (χ3n) is 4.49. The highest BCUT2D eigenvalue weighted by atomic mass is 16.4. The number of carbonyl (C=O) groups is 2. The van der Waals surface area contributed by atoms with Crippen LogP contribution in [0.4, 0.5) is 4.79 Å². The maximum Gasteiger partial charge on any atom is 0.314 e. The van der Waals surface area contributed by atoms with E-state index in [-0.39, 0.29) is 12.5 Å². The van der Waals surface area contributed by atoms with E-state index in [1.165, 1.54) is 12.8 Å². The van der Waals surface area contributed by atoms with Crippen molar-refractivity contribution in [3.63, 3.8) is 0 Å². The topological polar surface area (TPSA) is 78.4 Å². The zero-order chi connectivity index (χ0) is 15.2. The van der Waals surface area contributed by atoms with E-state index in [9.17, 15) is 9.59 Å². The Morgan fingerprint density at radius 3 is 2.30 bits per heavy atom. The Morgan fingerprint density at radius 1 is 1.15 bits per heavy atom. The number of urea groups is 1. The Kier molecular flexibility index (Phi) is 6.30. The van der Waals surface area contributed by atoms with E-state index in [1.54, 1.807) is 0 Å². The van der Waals surface area contributed by atoms with Crippen molar-refractivity contribution in [3.8, 4) is 0 Å². The summed E-state index contributed by atoms with van der Waals surface area (Å²) in [5.74, 6) is 0.168. The quantitative estimate of drug-likeness (QED) is 0.609. The molecule has 1 aliphatic rings. The Labute approximate surface area is 121 Å². The van der Waals surface area contributed by atoms with E-state index in [0.29, 0.717) is 30.2 Å². The van der Waals surface area contributed by atoms with Crippen molar-refractivity contribution in [1.29, 1.82) is 0 Å². The van der Waals surface area contributed by atoms with Crippen molar-refractivity contribution in [2.45, 2.75) is 52.9 Å². The summed E-state index contributed by atoms with van der Waals surface area (Å²) in [4.78, 5) is 22.1. The highest BCUT2D eigenvalue weighted by Gasteiger charge is 2.45. The molecule has 1 unspecified atom stereocenters. The van der Waals surface area contributed by atoms with Crippen LogP contribution in [-0.4, -0.2) is 30.2 Å². The molecule has 5 heteroatoms. The van der Waals surface area contributed by atoms with Gasteiger partial charge in [0.05, 0.1) is 0 Å². The summed E-state index contributed by atoms with van der Waals surface area (Å²) in [5.41, 5.74) is 0.326. The van der Waals surface area contributed by atoms with Crippen LogP contribution in [-0.2, 0) is 4.79 Å². The van der Waals surface area contributed by atoms with Crippen LogP contribution in [0.25, 0.3) is 0 Å². The third-order valence-corrected chi connectivity index (χ3v) is 4.49. The number of aliphatic carboxylic acids is 1. The van der Waals surface area contributed by atoms with Crippen LogP contribution < -0.4 is 10.6 Å². The smallest absolute Gasteiger partial charge is 0.314 e. The summed E-state index contributed by atoms with van der Waals surface area (Å²) in [7, 11) is 0. The van der Waals surface area contributed by atoms with Crippen molar-refractivity contribution in [2.24, 2.45) is 17.3 Å². The van der Waals surface area contributed by atoms with E-state index >= 15 is 0 Å². The van der Waals surface area contributed by atoms with E-state index < -0.39 is 5.97 Å². The lowest BCUT2D eigenvalue weighted by atomic mass is 9.92. The SMILES string of the molecule is CC(CCNC(=O)NCC1(C(C)C)CC1)CCC(=O)O. The molecule has 0 aromatic rings. The number of carboxylic acids is 1. The van der Waals surface area contributed by atoms with Gasteiger partial charge in [-0.05, 0) is 42.9 Å². The Bertz CT molecular complexity index is 338. The van der Waals surface area contributed by atoms with Gasteiger partial charge in [-0.1, -0.05) is 20.8 Å². The molecule has 1 atom stereocenters. The highest BCUT2D eigenvalue weighted by molar-refractivity contribution is 5.73. The standard InChI is InChI=1S/C15H28N2O3/c1-11(2)15(7-8-15)10-17-14(20)16-9-6-12(3)4-5-13(18)19/h11-12H,4-10H2,1-3H3,(H,18,19)(H2,16,17,20). The molecule has 0 saturated heterocycles. The fraction of sp³-hybridized carbons (Fsp3) is 0.867. The summed E-state index contributed by atoms with van der Waals surface area (Å²) in [6.45, 7) is 7.78. The van der Waals surface area contributed by atoms with Crippen molar-refractivity contribution in [1.82, 2.24) is 10.6 Å². The lowest BCUT2D eigenvalue weighted by Gasteiger charge is -2.20. The first-order chi connectivity index (χ1) is 9.35. The number of hydrogen-bond acceptors (Lipinski definition) is 2. The molecule has 0 heterocycles. The van der Waals surface area contributed by atoms with Gasteiger partial charge in [-0.3, -0.25) is 4.79 Å². The fourth-order valence-corrected chi connectivity index (χ4v) is 2.38. The first kappa shape index (κ1) is 16.8. The lowest BCUT2D eigenvalue weighted by molar-refractivity contribution is -0.137. The van der Waals surface area contributed by atoms with Crippen LogP contribution in [0.3, 0.4) is 0 Å². The van der Waals surface area contributed by atoms with Crippen LogP contribution in [0.15, 0.2) is 0 Å². The summed E-state index contributed by atoms with van der Waals surface area (Å²) in [5, 5.41) is 14.4. The number of carbonyl (C=O) groups excluding carboxylic acids is 1. The van der Waals surface area contributed by atoms with Gasteiger partial charge in [0.25, 0.3) is 0 Å². The highest BCUT2D eigenvalue weighted by Crippen LogP contribution is 2.51. The summed E-state index contributed by atoms with van der Waals surface area (Å²) in [6.07, 6.45) is 4.09. The molecule has 0 aliphatic heterocycles. The lowest BCUT2D eigenvalue weighted by Crippen LogP contribution is -2.40. The van der Waals surface area contributed by atoms with Gasteiger partial charge in [0.2, 0.25) is 0 Å². The van der Waals surface area contributed by atoms with Crippen LogP contribution in [0.1, 0.15) is 52.9 Å². The first-order valence-corrected chi connectivity index (χ1v) is 7.59. The van der Waals surface area contributed by atoms with Crippen LogP contribution >= 0.6 is 0 Å². The van der Waals surface area contributed by atoms with E-state index in [1.807, 2.05) is 6.92 Å². The molecule has 0 aromatic carbocycles. The fourth-order valence-electron chi connectivity index (χ4n) is 2.38. The molecule has 1 aliphatic carbocycles. The molecular formula is C15H28N2O3. The molecular weight excluding hydrogens is 256 g/mol. The normalized spacial score (nSPS) is 17.6. The van der Waals surface area contributed by atoms with E-state index in [2.05, 4.69) is 24.5 Å². The molecule has 2 amide bonds. The number of rotatable bonds is 9. The Morgan fingerprint density at radius 2 is 1.80 bits per heavy atom. The van der Waals surface area contributed by atoms with Gasteiger partial charge in [0, 0.05) is 19.5 Å². The molecule has 0 radical (unpaired) electrons. The van der Waals surface area contributed by atoms with Gasteiger partial charge in [-0.15, -0.1) is 0 Å². The summed E-state index contributed by atoms with van der Waals surface area (Å²) < 4.78 is 0. The summed E-state index contributed by atoms with van der Waals surface area (Å²) in [6, 6.07) is -0.109. The minimum atomic E-state index is -0.758. The molecule has 0 spiro atoms. The maximum atomic E-state index is 11.7. The molecule has 1 rings (SSSR count). The molecule has 0 bridgehead atoms. The molecule has 116 valence electrons. The van der Waals surface area contributed by atoms with Crippen molar-refractivity contribution < 1.29 is 14.7 Å². The van der Waals surface area contributed by atoms with Gasteiger partial charge >= 0.3 is 12.0 Å². The molecule has 0 aromatic heterocycles. The van der Waals surface area contributed by atoms with Gasteiger partial charge in [0.1, 0.15) is 0 Å². The van der Waals surface area contributed by atoms with Crippen molar-refractivity contribution >= 4 is 12.0 Å². The first-order valence-electron chi connectivity index (χ1n) is 7.59. The van der Waals surface area contributed by atoms with E-state index in [0.717, 1.165) is 13.0 Å². The second-order valence-electron chi connectivity index (χ2n) is 6.45. The predicted molar refractivity (Wildman–Crippen MR) is 78.6 cm³/mol. The molecule has 1 fully saturated rings. The Hall–Kier alpha value is -1.26. The number of amides is 2. The van der Waals surface area contributed by atoms with Crippen molar-refractivity contribution in [3.05, 3.63) is 0 Å². The van der Waals surface area contributed by atoms with E-state index in [4.69, 9.17) is 5.11 Å². The average molecular weight is 284 g/mol. The van der Waals surface area contributed by atoms with Gasteiger partial charge in [-0.25, -0.2) is 4.79 Å². The number of nitrogens with one attached hydrogen (secondary N) is 2. The van der Waals surface area contributed by atoms with Gasteiger partial charge < -0.3 is 15.7 Å². The Balaban J connectivity index is 2.07. The summed E-state index contributed by atoms with van der Waals surface area (Å²) >= 11 is 0. The largest absolute Gasteiger partial charge is 0.481 e. The number of carboxylic acid groups (broad SMARTS) is 1. The third kappa shape index (κ3) is 5.80. The molecule has 3 N–H and O–H groups in total. The zero-order valence-corrected chi connectivity index (χ0v) is 12.9. The van der Waals surface area contributed by atoms with Crippen molar-refractivity contribution in [2.75, 3.05) is 13.1 Å². The maximum absolute atomic E-state index is 11.7. The van der Waals surface area contributed by atoms with Crippen LogP contribution in [0.5, 0.6) is 0 Å². The average Bonchev–Trinajstić information content (AvgIpc) is 3.15. The minimum absolute atomic E-state index is 0.109. The molecule has 5 nitrogen and oxygen atoms in total. The van der Waals surface area contributed by atoms with Gasteiger partial charge in [0.15, 0.2) is 0 Å². The van der Waals surface area contributed by atoms with Crippen LogP contribution in [0, 0.1) is 17.3 Å². The monoisotopic (exact) mass is 284 g/mol. The zero-order valence-electron chi connectivity index (χ0n) is 12.9. The second-order valence-corrected chi connectivity index (χ2v) is 6.45. The second kappa shape index (κ2) is 7.50. The number of hydrogen-bond donors (Lipinski definition) is 3. The van der Waals surface area contributed by atoms with Gasteiger partial charge in [-0.2, -0.15) is 0 Å². The van der Waals surface area contributed by atoms with Crippen LogP contribution in [0.2, 0.25) is 0 Å².